The lowest BCUT2D eigenvalue weighted by Gasteiger charge is -2.27. The zero-order valence-electron chi connectivity index (χ0n) is 31.1. The zero-order chi connectivity index (χ0) is 37.7. The summed E-state index contributed by atoms with van der Waals surface area (Å²) < 4.78 is 8.88. The van der Waals surface area contributed by atoms with E-state index in [1.807, 2.05) is 11.3 Å². The van der Waals surface area contributed by atoms with Crippen LogP contribution in [-0.4, -0.2) is 0 Å². The number of allylic oxidation sites excluding steroid dienone is 1. The number of fused-ring (bicyclic) bond motifs is 7. The highest BCUT2D eigenvalue weighted by atomic mass is 32.1. The molecule has 0 aliphatic heterocycles. The molecular formula is C54H35NOS. The first-order valence-electron chi connectivity index (χ1n) is 19.4. The lowest BCUT2D eigenvalue weighted by Crippen LogP contribution is -2.10. The third-order valence-corrected chi connectivity index (χ3v) is 12.4. The molecule has 0 radical (unpaired) electrons. The van der Waals surface area contributed by atoms with Gasteiger partial charge >= 0.3 is 0 Å². The number of thiophene rings is 1. The predicted molar refractivity (Wildman–Crippen MR) is 243 cm³/mol. The third-order valence-electron chi connectivity index (χ3n) is 11.2. The van der Waals surface area contributed by atoms with Crippen molar-refractivity contribution in [2.75, 3.05) is 4.90 Å². The highest BCUT2D eigenvalue weighted by Gasteiger charge is 2.18. The Kier molecular flexibility index (Phi) is 8.09. The van der Waals surface area contributed by atoms with E-state index in [2.05, 4.69) is 205 Å². The predicted octanol–water partition coefficient (Wildman–Crippen LogP) is 15.4. The summed E-state index contributed by atoms with van der Waals surface area (Å²) in [4.78, 5) is 2.39. The number of hydrogen-bond donors (Lipinski definition) is 0. The first kappa shape index (κ1) is 33.2. The van der Waals surface area contributed by atoms with Crippen LogP contribution in [0.25, 0.3) is 81.4 Å². The van der Waals surface area contributed by atoms with E-state index in [1.165, 1.54) is 53.2 Å². The Labute approximate surface area is 335 Å². The van der Waals surface area contributed by atoms with E-state index >= 15 is 0 Å². The molecule has 11 rings (SSSR count). The molecule has 57 heavy (non-hydrogen) atoms. The SMILES string of the molecule is C1#CCc2oc3ccc(-c4ccc(N(c5cccc(-c6cccc7ccccc67)c5)c5cccc(-c6cccc7c6sc6ccccc67)c5)cc4)cc3c2/C=C\C1. The molecule has 0 saturated heterocycles. The van der Waals surface area contributed by atoms with Gasteiger partial charge in [0.1, 0.15) is 11.3 Å². The van der Waals surface area contributed by atoms with Gasteiger partial charge in [0.15, 0.2) is 0 Å². The Hall–Kier alpha value is -7.12. The van der Waals surface area contributed by atoms with Crippen molar-refractivity contribution >= 4 is 76.4 Å². The molecule has 2 aromatic heterocycles. The molecule has 1 aliphatic rings. The number of nitrogens with zero attached hydrogens (tertiary/aromatic N) is 1. The van der Waals surface area contributed by atoms with Crippen LogP contribution in [0.4, 0.5) is 17.1 Å². The zero-order valence-corrected chi connectivity index (χ0v) is 31.9. The molecule has 0 saturated carbocycles. The number of anilines is 3. The molecule has 0 atom stereocenters. The van der Waals surface area contributed by atoms with Crippen LogP contribution in [0.15, 0.2) is 186 Å². The summed E-state index contributed by atoms with van der Waals surface area (Å²) in [6, 6.07) is 64.1. The van der Waals surface area contributed by atoms with Gasteiger partial charge in [-0.05, 0) is 98.8 Å². The molecular weight excluding hydrogens is 711 g/mol. The standard InChI is InChI=1S/C54H35NOS/c1-2-4-25-51-47(20-3-1)50-35-38(29-32-52(50)56-51)36-27-30-41(31-28-36)55(42-17-9-15-39(33-42)45-22-11-14-37-13-5-6-19-44(37)45)43-18-10-16-40(34-43)46-23-12-24-49-48-21-7-8-26-53(48)57-54(46)49/h3,5-24,26-35H,1,25H2/b20-3-. The van der Waals surface area contributed by atoms with Gasteiger partial charge in [-0.3, -0.25) is 0 Å². The summed E-state index contributed by atoms with van der Waals surface area (Å²) in [7, 11) is 0. The number of furan rings is 1. The smallest absolute Gasteiger partial charge is 0.135 e. The molecule has 0 fully saturated rings. The van der Waals surface area contributed by atoms with Crippen LogP contribution in [0.3, 0.4) is 0 Å². The van der Waals surface area contributed by atoms with Crippen LogP contribution >= 0.6 is 11.3 Å². The number of hydrogen-bond acceptors (Lipinski definition) is 3. The van der Waals surface area contributed by atoms with Crippen LogP contribution in [0, 0.1) is 11.8 Å². The second-order valence-electron chi connectivity index (χ2n) is 14.6. The van der Waals surface area contributed by atoms with E-state index in [4.69, 9.17) is 4.42 Å². The van der Waals surface area contributed by atoms with E-state index < -0.39 is 0 Å². The normalized spacial score (nSPS) is 12.9. The molecule has 1 aliphatic carbocycles. The van der Waals surface area contributed by atoms with Gasteiger partial charge in [-0.1, -0.05) is 145 Å². The molecule has 0 amide bonds. The first-order valence-corrected chi connectivity index (χ1v) is 20.2. The molecule has 3 heteroatoms. The second kappa shape index (κ2) is 13.9. The van der Waals surface area contributed by atoms with Gasteiger partial charge in [0.25, 0.3) is 0 Å². The highest BCUT2D eigenvalue weighted by Crippen LogP contribution is 2.43. The Morgan fingerprint density at radius 3 is 2.04 bits per heavy atom. The summed E-state index contributed by atoms with van der Waals surface area (Å²) in [5, 5.41) is 6.23. The van der Waals surface area contributed by atoms with Crippen molar-refractivity contribution in [3.8, 4) is 45.2 Å². The fourth-order valence-electron chi connectivity index (χ4n) is 8.44. The third kappa shape index (κ3) is 5.90. The molecule has 8 aromatic carbocycles. The Bertz CT molecular complexity index is 3250. The molecule has 0 unspecified atom stereocenters. The summed E-state index contributed by atoms with van der Waals surface area (Å²) in [6.45, 7) is 0. The first-order chi connectivity index (χ1) is 28.2. The molecule has 0 bridgehead atoms. The van der Waals surface area contributed by atoms with E-state index in [0.29, 0.717) is 6.42 Å². The average Bonchev–Trinajstić information content (AvgIpc) is 3.81. The van der Waals surface area contributed by atoms with Gasteiger partial charge in [-0.15, -0.1) is 11.3 Å². The second-order valence-corrected chi connectivity index (χ2v) is 15.6. The summed E-state index contributed by atoms with van der Waals surface area (Å²) in [5.74, 6) is 7.37. The van der Waals surface area contributed by atoms with Gasteiger partial charge in [-0.25, -0.2) is 0 Å². The Balaban J connectivity index is 1.04. The summed E-state index contributed by atoms with van der Waals surface area (Å²) in [5.41, 5.74) is 12.5. The van der Waals surface area contributed by atoms with E-state index in [0.717, 1.165) is 56.9 Å². The minimum absolute atomic E-state index is 0.635. The van der Waals surface area contributed by atoms with E-state index in [1.54, 1.807) is 0 Å². The van der Waals surface area contributed by atoms with Crippen LogP contribution in [0.5, 0.6) is 0 Å². The van der Waals surface area contributed by atoms with Crippen LogP contribution in [0.1, 0.15) is 17.7 Å². The van der Waals surface area contributed by atoms with Gasteiger partial charge in [-0.2, -0.15) is 0 Å². The van der Waals surface area contributed by atoms with Crippen molar-refractivity contribution in [3.63, 3.8) is 0 Å². The van der Waals surface area contributed by atoms with Gasteiger partial charge in [0, 0.05) is 54.6 Å². The van der Waals surface area contributed by atoms with E-state index in [9.17, 15) is 0 Å². The van der Waals surface area contributed by atoms with Crippen LogP contribution < -0.4 is 4.90 Å². The van der Waals surface area contributed by atoms with Crippen LogP contribution in [0.2, 0.25) is 0 Å². The minimum atomic E-state index is 0.635. The maximum Gasteiger partial charge on any atom is 0.135 e. The average molecular weight is 746 g/mol. The van der Waals surface area contributed by atoms with Crippen molar-refractivity contribution in [3.05, 3.63) is 193 Å². The Morgan fingerprint density at radius 2 is 1.18 bits per heavy atom. The molecule has 0 spiro atoms. The van der Waals surface area contributed by atoms with Crippen molar-refractivity contribution in [1.82, 2.24) is 0 Å². The summed E-state index contributed by atoms with van der Waals surface area (Å²) in [6.07, 6.45) is 5.69. The van der Waals surface area contributed by atoms with Gasteiger partial charge in [0.2, 0.25) is 0 Å². The maximum absolute atomic E-state index is 6.25. The van der Waals surface area contributed by atoms with E-state index in [-0.39, 0.29) is 0 Å². The van der Waals surface area contributed by atoms with Crippen molar-refractivity contribution in [2.45, 2.75) is 12.8 Å². The minimum Gasteiger partial charge on any atom is -0.459 e. The number of rotatable bonds is 6. The fourth-order valence-corrected chi connectivity index (χ4v) is 9.68. The maximum atomic E-state index is 6.25. The summed E-state index contributed by atoms with van der Waals surface area (Å²) >= 11 is 1.87. The highest BCUT2D eigenvalue weighted by molar-refractivity contribution is 7.26. The quantitative estimate of drug-likeness (QED) is 0.158. The fraction of sp³-hybridized carbons (Fsp3) is 0.0370. The largest absolute Gasteiger partial charge is 0.459 e. The topological polar surface area (TPSA) is 16.4 Å². The monoisotopic (exact) mass is 745 g/mol. The lowest BCUT2D eigenvalue weighted by molar-refractivity contribution is 0.566. The molecule has 2 nitrogen and oxygen atoms in total. The van der Waals surface area contributed by atoms with Crippen LogP contribution in [-0.2, 0) is 6.42 Å². The Morgan fingerprint density at radius 1 is 0.491 bits per heavy atom. The van der Waals surface area contributed by atoms with Crippen molar-refractivity contribution in [1.29, 1.82) is 0 Å². The lowest BCUT2D eigenvalue weighted by atomic mass is 9.97. The molecule has 0 N–H and O–H groups in total. The van der Waals surface area contributed by atoms with Crippen molar-refractivity contribution in [2.24, 2.45) is 0 Å². The van der Waals surface area contributed by atoms with Gasteiger partial charge < -0.3 is 9.32 Å². The van der Waals surface area contributed by atoms with Gasteiger partial charge in [0.05, 0.1) is 6.42 Å². The molecule has 268 valence electrons. The molecule has 2 heterocycles. The molecule has 10 aromatic rings. The number of benzene rings is 8. The van der Waals surface area contributed by atoms with Crippen molar-refractivity contribution < 1.29 is 4.42 Å².